The van der Waals surface area contributed by atoms with Gasteiger partial charge in [0.2, 0.25) is 0 Å². The Morgan fingerprint density at radius 3 is 2.50 bits per heavy atom. The van der Waals surface area contributed by atoms with E-state index >= 15 is 0 Å². The van der Waals surface area contributed by atoms with E-state index in [0.29, 0.717) is 0 Å². The van der Waals surface area contributed by atoms with Crippen LogP contribution in [0.1, 0.15) is 41.2 Å². The van der Waals surface area contributed by atoms with Gasteiger partial charge in [0.1, 0.15) is 0 Å². The van der Waals surface area contributed by atoms with Crippen molar-refractivity contribution < 1.29 is 18.7 Å². The van der Waals surface area contributed by atoms with Gasteiger partial charge in [0, 0.05) is 11.5 Å². The van der Waals surface area contributed by atoms with Gasteiger partial charge in [-0.1, -0.05) is 61.5 Å². The molecule has 0 aliphatic heterocycles. The molecule has 0 saturated heterocycles. The highest BCUT2D eigenvalue weighted by molar-refractivity contribution is 7.78. The molecule has 0 amide bonds. The van der Waals surface area contributed by atoms with E-state index in [1.165, 1.54) is 0 Å². The second kappa shape index (κ2) is 10.4. The number of carboxylic acid groups (broad SMARTS) is 1. The summed E-state index contributed by atoms with van der Waals surface area (Å²) < 4.78 is 20.7. The number of fused-ring (bicyclic) bond motifs is 1. The SMILES string of the molecule is CC/C(=C(/c1ccc(/C=C/C(=O)O)cc1)c1ccc2[nH]ncc2c1)c1cccc(CS(=O)O)c1. The van der Waals surface area contributed by atoms with Crippen molar-refractivity contribution in [2.24, 2.45) is 0 Å². The number of aromatic nitrogens is 2. The zero-order valence-electron chi connectivity index (χ0n) is 18.6. The first-order valence-electron chi connectivity index (χ1n) is 10.8. The number of aromatic amines is 1. The van der Waals surface area contributed by atoms with Crippen molar-refractivity contribution in [1.29, 1.82) is 0 Å². The lowest BCUT2D eigenvalue weighted by molar-refractivity contribution is -0.131. The standard InChI is InChI=1S/C27H24N2O4S/c1-2-24(21-5-3-4-19(14-21)17-34(32)33)27(22-11-12-25-23(15-22)16-28-29-25)20-9-6-18(7-10-20)8-13-26(30)31/h3-16H,2,17H2,1H3,(H,28,29)(H,30,31)(H,32,33)/b13-8+,27-24+. The minimum absolute atomic E-state index is 0.0752. The van der Waals surface area contributed by atoms with Crippen LogP contribution in [0.25, 0.3) is 28.1 Å². The Kier molecular flexibility index (Phi) is 7.15. The third-order valence-electron chi connectivity index (χ3n) is 5.57. The molecule has 0 aliphatic carbocycles. The Morgan fingerprint density at radius 2 is 1.79 bits per heavy atom. The molecule has 4 aromatic rings. The van der Waals surface area contributed by atoms with Gasteiger partial charge in [0.25, 0.3) is 0 Å². The van der Waals surface area contributed by atoms with E-state index in [1.54, 1.807) is 12.3 Å². The fraction of sp³-hybridized carbons (Fsp3) is 0.111. The quantitative estimate of drug-likeness (QED) is 0.172. The van der Waals surface area contributed by atoms with Crippen molar-refractivity contribution in [2.45, 2.75) is 19.1 Å². The topological polar surface area (TPSA) is 103 Å². The summed E-state index contributed by atoms with van der Waals surface area (Å²) in [4.78, 5) is 10.9. The Bertz CT molecular complexity index is 1420. The van der Waals surface area contributed by atoms with Crippen molar-refractivity contribution in [3.63, 3.8) is 0 Å². The van der Waals surface area contributed by atoms with Gasteiger partial charge < -0.3 is 9.66 Å². The molecule has 1 heterocycles. The maximum absolute atomic E-state index is 11.4. The molecule has 6 nitrogen and oxygen atoms in total. The third kappa shape index (κ3) is 5.39. The molecule has 0 saturated carbocycles. The van der Waals surface area contributed by atoms with Crippen LogP contribution in [0.3, 0.4) is 0 Å². The zero-order chi connectivity index (χ0) is 24.1. The highest BCUT2D eigenvalue weighted by Crippen LogP contribution is 2.36. The summed E-state index contributed by atoms with van der Waals surface area (Å²) in [5, 5.41) is 17.0. The number of allylic oxidation sites excluding steroid dienone is 1. The normalized spacial score (nSPS) is 13.2. The smallest absolute Gasteiger partial charge is 0.328 e. The average molecular weight is 473 g/mol. The van der Waals surface area contributed by atoms with Crippen LogP contribution in [0, 0.1) is 0 Å². The predicted molar refractivity (Wildman–Crippen MR) is 136 cm³/mol. The first kappa shape index (κ1) is 23.4. The number of carbonyl (C=O) groups is 1. The van der Waals surface area contributed by atoms with Crippen molar-refractivity contribution in [3.8, 4) is 0 Å². The molecule has 1 atom stereocenters. The minimum atomic E-state index is -1.92. The number of hydrogen-bond acceptors (Lipinski definition) is 3. The van der Waals surface area contributed by atoms with Gasteiger partial charge in [-0.2, -0.15) is 5.10 Å². The van der Waals surface area contributed by atoms with E-state index in [0.717, 1.165) is 62.4 Å². The van der Waals surface area contributed by atoms with Crippen LogP contribution >= 0.6 is 0 Å². The highest BCUT2D eigenvalue weighted by atomic mass is 32.2. The molecule has 34 heavy (non-hydrogen) atoms. The molecular formula is C27H24N2O4S. The van der Waals surface area contributed by atoms with Crippen LogP contribution in [0.15, 0.2) is 79.0 Å². The summed E-state index contributed by atoms with van der Waals surface area (Å²) >= 11 is -1.92. The summed E-state index contributed by atoms with van der Waals surface area (Å²) in [7, 11) is 0. The highest BCUT2D eigenvalue weighted by Gasteiger charge is 2.15. The van der Waals surface area contributed by atoms with Crippen molar-refractivity contribution in [2.75, 3.05) is 0 Å². The molecule has 3 N–H and O–H groups in total. The average Bonchev–Trinajstić information content (AvgIpc) is 3.29. The van der Waals surface area contributed by atoms with Gasteiger partial charge >= 0.3 is 5.97 Å². The number of carboxylic acids is 1. The van der Waals surface area contributed by atoms with Crippen LogP contribution in [-0.2, 0) is 21.6 Å². The van der Waals surface area contributed by atoms with Crippen molar-refractivity contribution >= 4 is 45.2 Å². The molecule has 0 fully saturated rings. The fourth-order valence-corrected chi connectivity index (χ4v) is 4.52. The second-order valence-electron chi connectivity index (χ2n) is 7.84. The minimum Gasteiger partial charge on any atom is -0.478 e. The second-order valence-corrected chi connectivity index (χ2v) is 8.77. The number of benzene rings is 3. The largest absolute Gasteiger partial charge is 0.478 e. The summed E-state index contributed by atoms with van der Waals surface area (Å²) in [6, 6.07) is 21.6. The van der Waals surface area contributed by atoms with Gasteiger partial charge in [-0.05, 0) is 63.6 Å². The fourth-order valence-electron chi connectivity index (χ4n) is 4.06. The predicted octanol–water partition coefficient (Wildman–Crippen LogP) is 5.75. The monoisotopic (exact) mass is 472 g/mol. The van der Waals surface area contributed by atoms with E-state index in [4.69, 9.17) is 5.11 Å². The van der Waals surface area contributed by atoms with Crippen LogP contribution in [0.2, 0.25) is 0 Å². The van der Waals surface area contributed by atoms with Crippen LogP contribution in [0.4, 0.5) is 0 Å². The Balaban J connectivity index is 1.90. The molecule has 0 bridgehead atoms. The van der Waals surface area contributed by atoms with E-state index < -0.39 is 17.0 Å². The van der Waals surface area contributed by atoms with Crippen molar-refractivity contribution in [1.82, 2.24) is 10.2 Å². The molecule has 4 rings (SSSR count). The maximum Gasteiger partial charge on any atom is 0.328 e. The molecule has 0 aliphatic rings. The Morgan fingerprint density at radius 1 is 1.03 bits per heavy atom. The van der Waals surface area contributed by atoms with Crippen LogP contribution in [0.5, 0.6) is 0 Å². The van der Waals surface area contributed by atoms with Crippen LogP contribution < -0.4 is 0 Å². The van der Waals surface area contributed by atoms with E-state index in [9.17, 15) is 13.6 Å². The molecular weight excluding hydrogens is 448 g/mol. The van der Waals surface area contributed by atoms with Gasteiger partial charge in [-0.15, -0.1) is 0 Å². The van der Waals surface area contributed by atoms with Gasteiger partial charge in [-0.3, -0.25) is 5.10 Å². The van der Waals surface area contributed by atoms with Gasteiger partial charge in [0.15, 0.2) is 11.1 Å². The van der Waals surface area contributed by atoms with E-state index in [2.05, 4.69) is 29.3 Å². The molecule has 1 unspecified atom stereocenters. The Labute approximate surface area is 199 Å². The first-order valence-corrected chi connectivity index (χ1v) is 12.1. The van der Waals surface area contributed by atoms with Crippen molar-refractivity contribution in [3.05, 3.63) is 107 Å². The van der Waals surface area contributed by atoms with E-state index in [-0.39, 0.29) is 5.75 Å². The number of nitrogens with one attached hydrogen (secondary N) is 1. The van der Waals surface area contributed by atoms with Gasteiger partial charge in [-0.25, -0.2) is 9.00 Å². The Hall–Kier alpha value is -3.81. The molecule has 3 aromatic carbocycles. The first-order chi connectivity index (χ1) is 16.4. The van der Waals surface area contributed by atoms with Gasteiger partial charge in [0.05, 0.1) is 17.5 Å². The lowest BCUT2D eigenvalue weighted by Crippen LogP contribution is -1.98. The molecule has 172 valence electrons. The number of H-pyrrole nitrogens is 1. The maximum atomic E-state index is 11.4. The third-order valence-corrected chi connectivity index (χ3v) is 6.15. The summed E-state index contributed by atoms with van der Waals surface area (Å²) in [6.07, 6.45) is 5.21. The lowest BCUT2D eigenvalue weighted by Gasteiger charge is -2.17. The molecule has 0 spiro atoms. The van der Waals surface area contributed by atoms with E-state index in [1.807, 2.05) is 54.6 Å². The van der Waals surface area contributed by atoms with Crippen LogP contribution in [-0.4, -0.2) is 30.0 Å². The lowest BCUT2D eigenvalue weighted by atomic mass is 9.87. The molecule has 7 heteroatoms. The number of nitrogens with zero attached hydrogens (tertiary/aromatic N) is 1. The molecule has 1 aromatic heterocycles. The number of rotatable bonds is 8. The number of aliphatic carboxylic acids is 1. The number of hydrogen-bond donors (Lipinski definition) is 3. The zero-order valence-corrected chi connectivity index (χ0v) is 19.4. The molecule has 0 radical (unpaired) electrons. The summed E-state index contributed by atoms with van der Waals surface area (Å²) in [5.74, 6) is -0.916. The summed E-state index contributed by atoms with van der Waals surface area (Å²) in [6.45, 7) is 2.09. The summed E-state index contributed by atoms with van der Waals surface area (Å²) in [5.41, 5.74) is 7.68.